The van der Waals surface area contributed by atoms with Gasteiger partial charge >= 0.3 is 0 Å². The van der Waals surface area contributed by atoms with Gasteiger partial charge in [0.2, 0.25) is 0 Å². The first-order valence-electron chi connectivity index (χ1n) is 8.44. The second-order valence-electron chi connectivity index (χ2n) is 6.07. The van der Waals surface area contributed by atoms with Crippen LogP contribution < -0.4 is 4.74 Å². The number of carbonyl (C=O) groups excluding carboxylic acids is 2. The number of phenols is 2. The van der Waals surface area contributed by atoms with E-state index >= 15 is 0 Å². The van der Waals surface area contributed by atoms with Gasteiger partial charge in [0, 0.05) is 12.0 Å². The van der Waals surface area contributed by atoms with Crippen LogP contribution in [0.1, 0.15) is 29.5 Å². The molecule has 142 valence electrons. The Bertz CT molecular complexity index is 854. The van der Waals surface area contributed by atoms with Crippen molar-refractivity contribution in [1.29, 1.82) is 0 Å². The highest BCUT2D eigenvalue weighted by Gasteiger charge is 2.09. The predicted octanol–water partition coefficient (Wildman–Crippen LogP) is 2.77. The third kappa shape index (κ3) is 5.97. The lowest BCUT2D eigenvalue weighted by Crippen LogP contribution is -2.06. The molecule has 0 heterocycles. The fourth-order valence-electron chi connectivity index (χ4n) is 2.53. The minimum atomic E-state index is -0.311. The van der Waals surface area contributed by atoms with Crippen molar-refractivity contribution in [3.05, 3.63) is 59.2 Å². The van der Waals surface area contributed by atoms with E-state index in [1.807, 2.05) is 0 Å². The molecule has 0 spiro atoms. The van der Waals surface area contributed by atoms with Crippen LogP contribution in [0.25, 0.3) is 6.08 Å². The lowest BCUT2D eigenvalue weighted by molar-refractivity contribution is -0.124. The Labute approximate surface area is 157 Å². The van der Waals surface area contributed by atoms with Crippen molar-refractivity contribution in [2.75, 3.05) is 7.11 Å². The van der Waals surface area contributed by atoms with Crippen molar-refractivity contribution < 1.29 is 29.6 Å². The average molecular weight is 370 g/mol. The Morgan fingerprint density at radius 3 is 2.52 bits per heavy atom. The smallest absolute Gasteiger partial charge is 0.163 e. The number of carbonyl (C=O) groups is 2. The lowest BCUT2D eigenvalue weighted by atomic mass is 10.0. The van der Waals surface area contributed by atoms with E-state index in [2.05, 4.69) is 0 Å². The summed E-state index contributed by atoms with van der Waals surface area (Å²) in [6, 6.07) is 9.49. The maximum Gasteiger partial charge on any atom is 0.163 e. The zero-order valence-electron chi connectivity index (χ0n) is 15.0. The van der Waals surface area contributed by atoms with Gasteiger partial charge in [0.05, 0.1) is 20.1 Å². The number of aliphatic hydroxyl groups is 1. The maximum absolute atomic E-state index is 12.0. The van der Waals surface area contributed by atoms with E-state index in [-0.39, 0.29) is 42.5 Å². The van der Waals surface area contributed by atoms with Crippen molar-refractivity contribution in [3.8, 4) is 17.2 Å². The van der Waals surface area contributed by atoms with Gasteiger partial charge in [-0.2, -0.15) is 0 Å². The monoisotopic (exact) mass is 370 g/mol. The van der Waals surface area contributed by atoms with Crippen LogP contribution in [0.2, 0.25) is 0 Å². The highest BCUT2D eigenvalue weighted by Crippen LogP contribution is 2.26. The van der Waals surface area contributed by atoms with Gasteiger partial charge in [0.1, 0.15) is 11.5 Å². The molecule has 0 amide bonds. The molecule has 0 bridgehead atoms. The molecule has 0 unspecified atom stereocenters. The highest BCUT2D eigenvalue weighted by atomic mass is 16.5. The molecule has 0 aliphatic rings. The number of allylic oxidation sites excluding steroid dienone is 1. The Morgan fingerprint density at radius 1 is 1.07 bits per heavy atom. The number of hydrogen-bond acceptors (Lipinski definition) is 6. The van der Waals surface area contributed by atoms with Crippen molar-refractivity contribution in [3.63, 3.8) is 0 Å². The first-order valence-corrected chi connectivity index (χ1v) is 8.44. The second-order valence-corrected chi connectivity index (χ2v) is 6.07. The van der Waals surface area contributed by atoms with Gasteiger partial charge in [-0.05, 0) is 47.9 Å². The molecule has 0 aliphatic heterocycles. The summed E-state index contributed by atoms with van der Waals surface area (Å²) in [6.07, 6.45) is 3.32. The summed E-state index contributed by atoms with van der Waals surface area (Å²) in [6.45, 7) is -0.279. The second kappa shape index (κ2) is 9.54. The topological polar surface area (TPSA) is 104 Å². The van der Waals surface area contributed by atoms with Crippen LogP contribution in [-0.2, 0) is 22.6 Å². The van der Waals surface area contributed by atoms with E-state index in [0.717, 1.165) is 5.56 Å². The maximum atomic E-state index is 12.0. The molecule has 0 aromatic heterocycles. The van der Waals surface area contributed by atoms with E-state index < -0.39 is 0 Å². The molecule has 0 radical (unpaired) electrons. The number of aryl methyl sites for hydroxylation is 1. The summed E-state index contributed by atoms with van der Waals surface area (Å²) in [7, 11) is 1.43. The first kappa shape index (κ1) is 20.2. The number of aromatic hydroxyl groups is 2. The Morgan fingerprint density at radius 2 is 1.81 bits per heavy atom. The number of methoxy groups -OCH3 is 1. The molecule has 2 rings (SSSR count). The molecule has 0 saturated heterocycles. The van der Waals surface area contributed by atoms with Crippen LogP contribution in [0.5, 0.6) is 17.2 Å². The normalized spacial score (nSPS) is 10.9. The molecule has 2 aromatic rings. The minimum absolute atomic E-state index is 0.00902. The summed E-state index contributed by atoms with van der Waals surface area (Å²) in [4.78, 5) is 23.9. The van der Waals surface area contributed by atoms with Gasteiger partial charge in [0.15, 0.2) is 17.3 Å². The molecule has 6 nitrogen and oxygen atoms in total. The number of ether oxygens (including phenoxy) is 1. The van der Waals surface area contributed by atoms with Gasteiger partial charge < -0.3 is 20.1 Å². The van der Waals surface area contributed by atoms with Gasteiger partial charge in [0.25, 0.3) is 0 Å². The third-order valence-corrected chi connectivity index (χ3v) is 4.04. The van der Waals surface area contributed by atoms with Crippen LogP contribution in [0.4, 0.5) is 0 Å². The number of aliphatic hydroxyl groups excluding tert-OH is 1. The van der Waals surface area contributed by atoms with Crippen LogP contribution in [0.15, 0.2) is 42.5 Å². The van der Waals surface area contributed by atoms with Gasteiger partial charge in [-0.15, -0.1) is 0 Å². The number of benzene rings is 2. The van der Waals surface area contributed by atoms with E-state index in [1.54, 1.807) is 30.3 Å². The molecule has 0 atom stereocenters. The van der Waals surface area contributed by atoms with Crippen LogP contribution in [-0.4, -0.2) is 34.0 Å². The fraction of sp³-hybridized carbons (Fsp3) is 0.238. The van der Waals surface area contributed by atoms with Crippen molar-refractivity contribution >= 4 is 17.6 Å². The van der Waals surface area contributed by atoms with E-state index in [1.165, 1.54) is 25.3 Å². The van der Waals surface area contributed by atoms with E-state index in [0.29, 0.717) is 23.3 Å². The molecule has 2 aromatic carbocycles. The molecular weight excluding hydrogens is 348 g/mol. The number of Topliss-reactive ketones (excluding diaryl/α,β-unsaturated/α-hetero) is 1. The molecule has 6 heteroatoms. The van der Waals surface area contributed by atoms with E-state index in [4.69, 9.17) is 9.84 Å². The van der Waals surface area contributed by atoms with Crippen molar-refractivity contribution in [2.45, 2.75) is 25.9 Å². The van der Waals surface area contributed by atoms with E-state index in [9.17, 15) is 19.8 Å². The fourth-order valence-corrected chi connectivity index (χ4v) is 2.53. The number of hydrogen-bond donors (Lipinski definition) is 3. The van der Waals surface area contributed by atoms with Crippen LogP contribution in [0, 0.1) is 0 Å². The SMILES string of the molecule is COc1cc(/C=C/C(=O)CC(=O)CCc2ccc(O)c(CO)c2)ccc1O. The summed E-state index contributed by atoms with van der Waals surface area (Å²) in [5.74, 6) is -0.175. The van der Waals surface area contributed by atoms with Gasteiger partial charge in [-0.25, -0.2) is 0 Å². The average Bonchev–Trinajstić information content (AvgIpc) is 2.66. The number of rotatable bonds is 9. The van der Waals surface area contributed by atoms with Crippen molar-refractivity contribution in [1.82, 2.24) is 0 Å². The van der Waals surface area contributed by atoms with Gasteiger partial charge in [-0.1, -0.05) is 18.2 Å². The third-order valence-electron chi connectivity index (χ3n) is 4.04. The summed E-state index contributed by atoms with van der Waals surface area (Å²) in [5, 5.41) is 28.2. The molecular formula is C21H22O6. The summed E-state index contributed by atoms with van der Waals surface area (Å²) >= 11 is 0. The minimum Gasteiger partial charge on any atom is -0.508 e. The molecule has 0 aliphatic carbocycles. The van der Waals surface area contributed by atoms with Gasteiger partial charge in [-0.3, -0.25) is 9.59 Å². The Balaban J connectivity index is 1.87. The quantitative estimate of drug-likeness (QED) is 0.463. The summed E-state index contributed by atoms with van der Waals surface area (Å²) < 4.78 is 5.00. The molecule has 0 fully saturated rings. The highest BCUT2D eigenvalue weighted by molar-refractivity contribution is 6.06. The first-order chi connectivity index (χ1) is 12.9. The Kier molecular flexibility index (Phi) is 7.14. The molecule has 3 N–H and O–H groups in total. The largest absolute Gasteiger partial charge is 0.508 e. The Hall–Kier alpha value is -3.12. The molecule has 27 heavy (non-hydrogen) atoms. The summed E-state index contributed by atoms with van der Waals surface area (Å²) in [5.41, 5.74) is 1.89. The predicted molar refractivity (Wildman–Crippen MR) is 101 cm³/mol. The lowest BCUT2D eigenvalue weighted by Gasteiger charge is -2.05. The zero-order valence-corrected chi connectivity index (χ0v) is 15.0. The van der Waals surface area contributed by atoms with Crippen LogP contribution in [0.3, 0.4) is 0 Å². The molecule has 0 saturated carbocycles. The standard InChI is InChI=1S/C21H22O6/c1-27-21-11-15(5-9-20(21)26)3-7-18(24)12-17(23)6-2-14-4-8-19(25)16(10-14)13-22/h3-5,7-11,22,25-26H,2,6,12-13H2,1H3/b7-3+. The zero-order chi connectivity index (χ0) is 19.8. The van der Waals surface area contributed by atoms with Crippen LogP contribution >= 0.6 is 0 Å². The number of ketones is 2. The number of phenolic OH excluding ortho intramolecular Hbond substituents is 1. The van der Waals surface area contributed by atoms with Crippen molar-refractivity contribution in [2.24, 2.45) is 0 Å².